The summed E-state index contributed by atoms with van der Waals surface area (Å²) in [6, 6.07) is 15.8. The lowest BCUT2D eigenvalue weighted by atomic mass is 9.95. The van der Waals surface area contributed by atoms with Crippen LogP contribution in [0.2, 0.25) is 5.02 Å². The Kier molecular flexibility index (Phi) is 3.85. The summed E-state index contributed by atoms with van der Waals surface area (Å²) in [6.45, 7) is 0. The monoisotopic (exact) mass is 354 g/mol. The first kappa shape index (κ1) is 15.9. The fraction of sp³-hybridized carbons (Fsp3) is 0.150. The minimum atomic E-state index is -0.610. The molecule has 1 N–H and O–H groups in total. The average molecular weight is 355 g/mol. The highest BCUT2D eigenvalue weighted by molar-refractivity contribution is 6.30. The van der Waals surface area contributed by atoms with Gasteiger partial charge in [0.05, 0.1) is 11.1 Å². The van der Waals surface area contributed by atoms with Crippen molar-refractivity contribution < 1.29 is 9.18 Å². The predicted molar refractivity (Wildman–Crippen MR) is 96.7 cm³/mol. The van der Waals surface area contributed by atoms with Crippen molar-refractivity contribution in [3.8, 4) is 5.69 Å². The van der Waals surface area contributed by atoms with E-state index < -0.39 is 11.2 Å². The first-order valence-corrected chi connectivity index (χ1v) is 8.47. The SMILES string of the molecule is O=C(Nc1cc(-n2cccc2)ccc1F)C1(c2cccc(Cl)c2)CC1. The Labute approximate surface area is 150 Å². The summed E-state index contributed by atoms with van der Waals surface area (Å²) in [7, 11) is 0. The Morgan fingerprint density at radius 3 is 2.52 bits per heavy atom. The molecule has 1 fully saturated rings. The lowest BCUT2D eigenvalue weighted by molar-refractivity contribution is -0.118. The van der Waals surface area contributed by atoms with Crippen LogP contribution >= 0.6 is 11.6 Å². The largest absolute Gasteiger partial charge is 0.324 e. The lowest BCUT2D eigenvalue weighted by Gasteiger charge is -2.17. The second-order valence-electron chi connectivity index (χ2n) is 6.30. The highest BCUT2D eigenvalue weighted by atomic mass is 35.5. The van der Waals surface area contributed by atoms with Crippen molar-refractivity contribution in [2.75, 3.05) is 5.32 Å². The minimum absolute atomic E-state index is 0.185. The molecule has 0 bridgehead atoms. The van der Waals surface area contributed by atoms with Gasteiger partial charge in [0, 0.05) is 23.1 Å². The number of rotatable bonds is 4. The van der Waals surface area contributed by atoms with E-state index in [9.17, 15) is 9.18 Å². The zero-order chi connectivity index (χ0) is 17.4. The Hall–Kier alpha value is -2.59. The Morgan fingerprint density at radius 1 is 1.08 bits per heavy atom. The molecule has 4 rings (SSSR count). The Balaban J connectivity index is 1.62. The number of anilines is 1. The van der Waals surface area contributed by atoms with E-state index in [1.165, 1.54) is 6.07 Å². The van der Waals surface area contributed by atoms with Crippen LogP contribution in [0.15, 0.2) is 67.0 Å². The van der Waals surface area contributed by atoms with Gasteiger partial charge in [-0.05, 0) is 60.9 Å². The highest BCUT2D eigenvalue weighted by Gasteiger charge is 2.51. The maximum atomic E-state index is 14.2. The summed E-state index contributed by atoms with van der Waals surface area (Å²) < 4.78 is 16.1. The highest BCUT2D eigenvalue weighted by Crippen LogP contribution is 2.49. The van der Waals surface area contributed by atoms with Crippen molar-refractivity contribution in [2.24, 2.45) is 0 Å². The average Bonchev–Trinajstić information content (AvgIpc) is 3.24. The van der Waals surface area contributed by atoms with E-state index in [1.807, 2.05) is 41.2 Å². The molecule has 0 atom stereocenters. The molecule has 2 aromatic carbocycles. The van der Waals surface area contributed by atoms with Crippen LogP contribution in [-0.2, 0) is 10.2 Å². The molecule has 1 amide bonds. The maximum absolute atomic E-state index is 14.2. The minimum Gasteiger partial charge on any atom is -0.324 e. The van der Waals surface area contributed by atoms with Crippen LogP contribution in [0.1, 0.15) is 18.4 Å². The molecule has 3 nitrogen and oxygen atoms in total. The number of hydrogen-bond donors (Lipinski definition) is 1. The molecule has 0 unspecified atom stereocenters. The van der Waals surface area contributed by atoms with Crippen LogP contribution in [0.25, 0.3) is 5.69 Å². The van der Waals surface area contributed by atoms with Crippen LogP contribution < -0.4 is 5.32 Å². The van der Waals surface area contributed by atoms with Gasteiger partial charge in [-0.2, -0.15) is 0 Å². The number of hydrogen-bond acceptors (Lipinski definition) is 1. The Morgan fingerprint density at radius 2 is 1.84 bits per heavy atom. The van der Waals surface area contributed by atoms with Crippen LogP contribution in [0.3, 0.4) is 0 Å². The predicted octanol–water partition coefficient (Wildman–Crippen LogP) is 4.94. The molecular weight excluding hydrogens is 339 g/mol. The van der Waals surface area contributed by atoms with E-state index in [1.54, 1.807) is 24.3 Å². The van der Waals surface area contributed by atoms with Crippen molar-refractivity contribution in [2.45, 2.75) is 18.3 Å². The number of carbonyl (C=O) groups excluding carboxylic acids is 1. The van der Waals surface area contributed by atoms with E-state index in [-0.39, 0.29) is 11.6 Å². The number of carbonyl (C=O) groups is 1. The standard InChI is InChI=1S/C20H16ClFN2O/c21-15-5-3-4-14(12-15)20(8-9-20)19(25)23-18-13-16(6-7-17(18)22)24-10-1-2-11-24/h1-7,10-13H,8-9H2,(H,23,25). The molecule has 1 heterocycles. The van der Waals surface area contributed by atoms with Crippen molar-refractivity contribution in [3.05, 3.63) is 83.4 Å². The molecule has 1 aliphatic rings. The van der Waals surface area contributed by atoms with Gasteiger partial charge < -0.3 is 9.88 Å². The van der Waals surface area contributed by atoms with Crippen LogP contribution in [0.5, 0.6) is 0 Å². The summed E-state index contributed by atoms with van der Waals surface area (Å²) in [5.41, 5.74) is 1.24. The molecule has 1 aliphatic carbocycles. The van der Waals surface area contributed by atoms with Gasteiger partial charge in [0.25, 0.3) is 0 Å². The molecule has 126 valence electrons. The number of nitrogens with zero attached hydrogens (tertiary/aromatic N) is 1. The number of aromatic nitrogens is 1. The van der Waals surface area contributed by atoms with Gasteiger partial charge >= 0.3 is 0 Å². The van der Waals surface area contributed by atoms with Gasteiger partial charge in [0.2, 0.25) is 5.91 Å². The topological polar surface area (TPSA) is 34.0 Å². The second-order valence-corrected chi connectivity index (χ2v) is 6.74. The smallest absolute Gasteiger partial charge is 0.235 e. The molecule has 25 heavy (non-hydrogen) atoms. The van der Waals surface area contributed by atoms with Gasteiger partial charge in [-0.15, -0.1) is 0 Å². The van der Waals surface area contributed by atoms with Crippen molar-refractivity contribution in [1.29, 1.82) is 0 Å². The molecule has 5 heteroatoms. The zero-order valence-electron chi connectivity index (χ0n) is 13.4. The molecule has 1 saturated carbocycles. The first-order valence-electron chi connectivity index (χ1n) is 8.09. The molecule has 3 aromatic rings. The normalized spacial score (nSPS) is 15.0. The third kappa shape index (κ3) is 2.94. The summed E-state index contributed by atoms with van der Waals surface area (Å²) in [5.74, 6) is -0.649. The van der Waals surface area contributed by atoms with E-state index in [4.69, 9.17) is 11.6 Å². The van der Waals surface area contributed by atoms with E-state index in [2.05, 4.69) is 5.32 Å². The van der Waals surface area contributed by atoms with E-state index in [0.29, 0.717) is 5.02 Å². The van der Waals surface area contributed by atoms with Gasteiger partial charge in [0.15, 0.2) is 0 Å². The number of halogens is 2. The van der Waals surface area contributed by atoms with Gasteiger partial charge in [-0.3, -0.25) is 4.79 Å². The lowest BCUT2D eigenvalue weighted by Crippen LogP contribution is -2.28. The third-order valence-corrected chi connectivity index (χ3v) is 4.90. The van der Waals surface area contributed by atoms with E-state index >= 15 is 0 Å². The third-order valence-electron chi connectivity index (χ3n) is 4.66. The summed E-state index contributed by atoms with van der Waals surface area (Å²) >= 11 is 6.05. The fourth-order valence-electron chi connectivity index (χ4n) is 3.08. The molecular formula is C20H16ClFN2O. The number of benzene rings is 2. The molecule has 0 saturated heterocycles. The summed E-state index contributed by atoms with van der Waals surface area (Å²) in [6.07, 6.45) is 5.20. The molecule has 1 aromatic heterocycles. The molecule has 0 spiro atoms. The first-order chi connectivity index (χ1) is 12.1. The quantitative estimate of drug-likeness (QED) is 0.707. The van der Waals surface area contributed by atoms with Crippen molar-refractivity contribution in [1.82, 2.24) is 4.57 Å². The van der Waals surface area contributed by atoms with Crippen LogP contribution in [0, 0.1) is 5.82 Å². The molecule has 0 aliphatic heterocycles. The van der Waals surface area contributed by atoms with Crippen molar-refractivity contribution >= 4 is 23.2 Å². The second kappa shape index (κ2) is 6.05. The van der Waals surface area contributed by atoms with Crippen LogP contribution in [-0.4, -0.2) is 10.5 Å². The van der Waals surface area contributed by atoms with Crippen LogP contribution in [0.4, 0.5) is 10.1 Å². The van der Waals surface area contributed by atoms with Crippen molar-refractivity contribution in [3.63, 3.8) is 0 Å². The Bertz CT molecular complexity index is 933. The van der Waals surface area contributed by atoms with Gasteiger partial charge in [-0.1, -0.05) is 23.7 Å². The zero-order valence-corrected chi connectivity index (χ0v) is 14.1. The molecule has 0 radical (unpaired) electrons. The fourth-order valence-corrected chi connectivity index (χ4v) is 3.27. The van der Waals surface area contributed by atoms with E-state index in [0.717, 1.165) is 24.1 Å². The summed E-state index contributed by atoms with van der Waals surface area (Å²) in [4.78, 5) is 12.8. The number of amides is 1. The number of nitrogens with one attached hydrogen (secondary N) is 1. The summed E-state index contributed by atoms with van der Waals surface area (Å²) in [5, 5.41) is 3.36. The maximum Gasteiger partial charge on any atom is 0.235 e. The van der Waals surface area contributed by atoms with Gasteiger partial charge in [-0.25, -0.2) is 4.39 Å². The van der Waals surface area contributed by atoms with Gasteiger partial charge in [0.1, 0.15) is 5.82 Å².